The highest BCUT2D eigenvalue weighted by atomic mass is 16.6. The predicted octanol–water partition coefficient (Wildman–Crippen LogP) is 7.26. The van der Waals surface area contributed by atoms with Crippen LogP contribution in [-0.2, 0) is 4.74 Å². The van der Waals surface area contributed by atoms with Crippen LogP contribution in [0.15, 0.2) is 48.5 Å². The number of benzene rings is 3. The molecular formula is C32H36N4O3. The van der Waals surface area contributed by atoms with Crippen LogP contribution in [0.5, 0.6) is 5.75 Å². The van der Waals surface area contributed by atoms with Gasteiger partial charge in [-0.3, -0.25) is 4.57 Å². The number of rotatable bonds is 4. The summed E-state index contributed by atoms with van der Waals surface area (Å²) in [4.78, 5) is 19.3. The molecule has 1 aromatic heterocycles. The van der Waals surface area contributed by atoms with Gasteiger partial charge in [0.15, 0.2) is 0 Å². The van der Waals surface area contributed by atoms with Crippen LogP contribution in [-0.4, -0.2) is 45.3 Å². The normalized spacial score (nSPS) is 14.7. The molecule has 0 bridgehead atoms. The van der Waals surface area contributed by atoms with E-state index in [-0.39, 0.29) is 18.1 Å². The van der Waals surface area contributed by atoms with Crippen molar-refractivity contribution < 1.29 is 14.3 Å². The van der Waals surface area contributed by atoms with Gasteiger partial charge < -0.3 is 14.4 Å². The van der Waals surface area contributed by atoms with Crippen molar-refractivity contribution in [1.82, 2.24) is 14.5 Å². The number of carbonyl (C=O) groups is 1. The first-order valence-electron chi connectivity index (χ1n) is 13.7. The number of aryl methyl sites for hydroxylation is 1. The molecule has 0 atom stereocenters. The van der Waals surface area contributed by atoms with Crippen LogP contribution in [0.1, 0.15) is 70.3 Å². The van der Waals surface area contributed by atoms with E-state index >= 15 is 0 Å². The lowest BCUT2D eigenvalue weighted by Gasteiger charge is -2.33. The van der Waals surface area contributed by atoms with E-state index in [2.05, 4.69) is 43.5 Å². The van der Waals surface area contributed by atoms with Crippen LogP contribution >= 0.6 is 0 Å². The van der Waals surface area contributed by atoms with Crippen molar-refractivity contribution >= 4 is 27.9 Å². The van der Waals surface area contributed by atoms with Crippen LogP contribution < -0.4 is 4.74 Å². The molecular weight excluding hydrogens is 488 g/mol. The summed E-state index contributed by atoms with van der Waals surface area (Å²) in [6.07, 6.45) is 1.26. The van der Waals surface area contributed by atoms with Gasteiger partial charge in [0.2, 0.25) is 0 Å². The standard InChI is InChI=1S/C32H36N4O3/c1-20(2)30-34-29-21(3)28(38-23-15-17-35(18-16-23)31(37)39-32(4,5)6)14-13-27(29)36(30)26-12-11-22(19-33)24-9-7-8-10-25(24)26/h7-14,20,23H,15-18H2,1-6H3. The lowest BCUT2D eigenvalue weighted by molar-refractivity contribution is 0.0126. The van der Waals surface area contributed by atoms with E-state index in [4.69, 9.17) is 14.5 Å². The van der Waals surface area contributed by atoms with E-state index in [1.807, 2.05) is 57.2 Å². The molecule has 1 fully saturated rings. The molecule has 0 unspecified atom stereocenters. The second kappa shape index (κ2) is 10.3. The largest absolute Gasteiger partial charge is 0.490 e. The average molecular weight is 525 g/mol. The molecule has 0 radical (unpaired) electrons. The van der Waals surface area contributed by atoms with Gasteiger partial charge in [0, 0.05) is 48.2 Å². The third-order valence-corrected chi connectivity index (χ3v) is 7.22. The minimum absolute atomic E-state index is 0.0222. The Balaban J connectivity index is 1.46. The highest BCUT2D eigenvalue weighted by Crippen LogP contribution is 2.36. The second-order valence-corrected chi connectivity index (χ2v) is 11.6. The molecule has 0 spiro atoms. The van der Waals surface area contributed by atoms with E-state index in [1.54, 1.807) is 4.90 Å². The zero-order valence-electron chi connectivity index (χ0n) is 23.6. The van der Waals surface area contributed by atoms with Gasteiger partial charge in [-0.1, -0.05) is 38.1 Å². The second-order valence-electron chi connectivity index (χ2n) is 11.6. The molecule has 1 saturated heterocycles. The molecule has 7 heteroatoms. The number of carbonyl (C=O) groups excluding carboxylic acids is 1. The van der Waals surface area contributed by atoms with Crippen molar-refractivity contribution in [3.63, 3.8) is 0 Å². The number of imidazole rings is 1. The lowest BCUT2D eigenvalue weighted by atomic mass is 10.0. The monoisotopic (exact) mass is 524 g/mol. The molecule has 4 aromatic rings. The number of piperidine rings is 1. The third kappa shape index (κ3) is 5.16. The number of hydrogen-bond acceptors (Lipinski definition) is 5. The Morgan fingerprint density at radius 2 is 1.74 bits per heavy atom. The molecule has 1 aliphatic rings. The summed E-state index contributed by atoms with van der Waals surface area (Å²) in [5.41, 5.74) is 4.10. The van der Waals surface area contributed by atoms with Crippen molar-refractivity contribution in [2.24, 2.45) is 0 Å². The van der Waals surface area contributed by atoms with Crippen molar-refractivity contribution in [3.05, 3.63) is 65.5 Å². The molecule has 3 aromatic carbocycles. The van der Waals surface area contributed by atoms with Gasteiger partial charge in [-0.05, 0) is 52.0 Å². The molecule has 0 saturated carbocycles. The molecule has 1 amide bonds. The van der Waals surface area contributed by atoms with Crippen molar-refractivity contribution in [2.75, 3.05) is 13.1 Å². The summed E-state index contributed by atoms with van der Waals surface area (Å²) in [7, 11) is 0. The number of nitrogens with zero attached hydrogens (tertiary/aromatic N) is 4. The fourth-order valence-electron chi connectivity index (χ4n) is 5.28. The van der Waals surface area contributed by atoms with Gasteiger partial charge in [-0.25, -0.2) is 9.78 Å². The van der Waals surface area contributed by atoms with E-state index < -0.39 is 5.60 Å². The van der Waals surface area contributed by atoms with Crippen LogP contribution in [0.4, 0.5) is 4.79 Å². The summed E-state index contributed by atoms with van der Waals surface area (Å²) in [6, 6.07) is 18.4. The van der Waals surface area contributed by atoms with Crippen LogP contribution in [0.3, 0.4) is 0 Å². The molecule has 5 rings (SSSR count). The Bertz CT molecular complexity index is 1580. The first kappa shape index (κ1) is 26.6. The molecule has 39 heavy (non-hydrogen) atoms. The van der Waals surface area contributed by atoms with Gasteiger partial charge in [-0.2, -0.15) is 5.26 Å². The third-order valence-electron chi connectivity index (χ3n) is 7.22. The Kier molecular flexibility index (Phi) is 6.98. The number of aromatic nitrogens is 2. The highest BCUT2D eigenvalue weighted by molar-refractivity contribution is 5.96. The first-order chi connectivity index (χ1) is 18.6. The van der Waals surface area contributed by atoms with Crippen LogP contribution in [0.2, 0.25) is 0 Å². The number of hydrogen-bond donors (Lipinski definition) is 0. The maximum Gasteiger partial charge on any atom is 0.410 e. The van der Waals surface area contributed by atoms with Gasteiger partial charge in [0.05, 0.1) is 28.4 Å². The fraction of sp³-hybridized carbons (Fsp3) is 0.406. The van der Waals surface area contributed by atoms with Gasteiger partial charge in [-0.15, -0.1) is 0 Å². The number of amides is 1. The highest BCUT2D eigenvalue weighted by Gasteiger charge is 2.28. The number of ether oxygens (including phenoxy) is 2. The fourth-order valence-corrected chi connectivity index (χ4v) is 5.28. The molecule has 2 heterocycles. The van der Waals surface area contributed by atoms with Crippen LogP contribution in [0, 0.1) is 18.3 Å². The summed E-state index contributed by atoms with van der Waals surface area (Å²) in [5, 5.41) is 11.6. The van der Waals surface area contributed by atoms with Gasteiger partial charge >= 0.3 is 6.09 Å². The number of fused-ring (bicyclic) bond motifs is 2. The average Bonchev–Trinajstić information content (AvgIpc) is 3.29. The Labute approximate surface area is 229 Å². The van der Waals surface area contributed by atoms with Gasteiger partial charge in [0.25, 0.3) is 0 Å². The Hall–Kier alpha value is -4.05. The molecule has 202 valence electrons. The number of likely N-dealkylation sites (tertiary alicyclic amines) is 1. The topological polar surface area (TPSA) is 80.4 Å². The maximum atomic E-state index is 12.4. The summed E-state index contributed by atoms with van der Waals surface area (Å²) < 4.78 is 14.2. The smallest absolute Gasteiger partial charge is 0.410 e. The summed E-state index contributed by atoms with van der Waals surface area (Å²) in [5.74, 6) is 1.97. The quantitative estimate of drug-likeness (QED) is 0.281. The van der Waals surface area contributed by atoms with Crippen molar-refractivity contribution in [1.29, 1.82) is 5.26 Å². The summed E-state index contributed by atoms with van der Waals surface area (Å²) in [6.45, 7) is 13.2. The molecule has 0 aliphatic carbocycles. The van der Waals surface area contributed by atoms with Crippen LogP contribution in [0.25, 0.3) is 27.5 Å². The zero-order chi connectivity index (χ0) is 27.9. The molecule has 0 N–H and O–H groups in total. The van der Waals surface area contributed by atoms with Crippen molar-refractivity contribution in [3.8, 4) is 17.5 Å². The minimum atomic E-state index is -0.501. The Morgan fingerprint density at radius 3 is 2.38 bits per heavy atom. The van der Waals surface area contributed by atoms with E-state index in [9.17, 15) is 10.1 Å². The maximum absolute atomic E-state index is 12.4. The number of nitriles is 1. The molecule has 7 nitrogen and oxygen atoms in total. The van der Waals surface area contributed by atoms with Gasteiger partial charge in [0.1, 0.15) is 23.3 Å². The Morgan fingerprint density at radius 1 is 1.05 bits per heavy atom. The lowest BCUT2D eigenvalue weighted by Crippen LogP contribution is -2.44. The van der Waals surface area contributed by atoms with E-state index in [0.717, 1.165) is 57.5 Å². The van der Waals surface area contributed by atoms with Crippen molar-refractivity contribution in [2.45, 2.75) is 72.0 Å². The van der Waals surface area contributed by atoms with E-state index in [1.165, 1.54) is 0 Å². The minimum Gasteiger partial charge on any atom is -0.490 e. The molecule has 1 aliphatic heterocycles. The SMILES string of the molecule is Cc1c(OC2CCN(C(=O)OC(C)(C)C)CC2)ccc2c1nc(C(C)C)n2-c1ccc(C#N)c2ccccc12. The predicted molar refractivity (Wildman–Crippen MR) is 154 cm³/mol. The summed E-state index contributed by atoms with van der Waals surface area (Å²) >= 11 is 0. The van der Waals surface area contributed by atoms with E-state index in [0.29, 0.717) is 18.7 Å². The zero-order valence-corrected chi connectivity index (χ0v) is 23.6. The first-order valence-corrected chi connectivity index (χ1v) is 13.7.